The molecule has 0 aliphatic rings. The van der Waals surface area contributed by atoms with Crippen LogP contribution in [0.25, 0.3) is 10.2 Å². The number of hydrogen-bond donors (Lipinski definition) is 1. The van der Waals surface area contributed by atoms with E-state index >= 15 is 0 Å². The van der Waals surface area contributed by atoms with E-state index in [0.29, 0.717) is 29.1 Å². The van der Waals surface area contributed by atoms with Crippen molar-refractivity contribution in [1.29, 1.82) is 0 Å². The number of carbonyl (C=O) groups excluding carboxylic acids is 2. The molecule has 31 heavy (non-hydrogen) atoms. The molecule has 0 aliphatic heterocycles. The summed E-state index contributed by atoms with van der Waals surface area (Å²) >= 11 is 1.18. The SMILES string of the molecule is CCCN(CCC)C(=O)Cn1c(=O)n(CC(=O)NCc2ccco2)c(=O)c2sccc21. The fraction of sp³-hybridized carbons (Fsp3) is 0.429. The monoisotopic (exact) mass is 446 g/mol. The van der Waals surface area contributed by atoms with E-state index in [1.807, 2.05) is 13.8 Å². The summed E-state index contributed by atoms with van der Waals surface area (Å²) in [6.07, 6.45) is 3.11. The third-order valence-corrected chi connectivity index (χ3v) is 5.70. The summed E-state index contributed by atoms with van der Waals surface area (Å²) in [6, 6.07) is 5.06. The first kappa shape index (κ1) is 22.5. The highest BCUT2D eigenvalue weighted by molar-refractivity contribution is 7.17. The van der Waals surface area contributed by atoms with E-state index in [2.05, 4.69) is 5.32 Å². The van der Waals surface area contributed by atoms with Crippen LogP contribution in [0.1, 0.15) is 32.4 Å². The zero-order valence-corrected chi connectivity index (χ0v) is 18.4. The fourth-order valence-corrected chi connectivity index (χ4v) is 4.20. The minimum atomic E-state index is -0.676. The molecular weight excluding hydrogens is 420 g/mol. The smallest absolute Gasteiger partial charge is 0.332 e. The molecule has 10 heteroatoms. The van der Waals surface area contributed by atoms with Gasteiger partial charge in [0.05, 0.1) is 18.3 Å². The number of nitrogens with zero attached hydrogens (tertiary/aromatic N) is 3. The average Bonchev–Trinajstić information content (AvgIpc) is 3.44. The van der Waals surface area contributed by atoms with Crippen molar-refractivity contribution in [2.24, 2.45) is 0 Å². The molecule has 0 aromatic carbocycles. The molecule has 0 aliphatic carbocycles. The number of thiophene rings is 1. The number of furan rings is 1. The molecule has 0 spiro atoms. The quantitative estimate of drug-likeness (QED) is 0.511. The molecule has 3 aromatic heterocycles. The molecule has 0 radical (unpaired) electrons. The molecule has 3 rings (SSSR count). The zero-order valence-electron chi connectivity index (χ0n) is 17.6. The Morgan fingerprint density at radius 2 is 1.84 bits per heavy atom. The average molecular weight is 447 g/mol. The molecule has 3 heterocycles. The van der Waals surface area contributed by atoms with Crippen LogP contribution in [0.2, 0.25) is 0 Å². The highest BCUT2D eigenvalue weighted by Gasteiger charge is 2.20. The van der Waals surface area contributed by atoms with Gasteiger partial charge in [-0.3, -0.25) is 19.0 Å². The Morgan fingerprint density at radius 1 is 1.10 bits per heavy atom. The molecule has 9 nitrogen and oxygen atoms in total. The topological polar surface area (TPSA) is 107 Å². The zero-order chi connectivity index (χ0) is 22.4. The Kier molecular flexibility index (Phi) is 7.45. The van der Waals surface area contributed by atoms with Gasteiger partial charge in [-0.05, 0) is 36.4 Å². The normalized spacial score (nSPS) is 11.0. The second-order valence-corrected chi connectivity index (χ2v) is 8.05. The Hall–Kier alpha value is -3.14. The van der Waals surface area contributed by atoms with E-state index in [9.17, 15) is 19.2 Å². The fourth-order valence-electron chi connectivity index (χ4n) is 3.36. The lowest BCUT2D eigenvalue weighted by atomic mass is 10.3. The van der Waals surface area contributed by atoms with Crippen LogP contribution < -0.4 is 16.6 Å². The van der Waals surface area contributed by atoms with Crippen LogP contribution in [0.5, 0.6) is 0 Å². The van der Waals surface area contributed by atoms with Crippen molar-refractivity contribution in [1.82, 2.24) is 19.4 Å². The first-order chi connectivity index (χ1) is 15.0. The van der Waals surface area contributed by atoms with Gasteiger partial charge in [-0.15, -0.1) is 11.3 Å². The minimum Gasteiger partial charge on any atom is -0.467 e. The van der Waals surface area contributed by atoms with Gasteiger partial charge < -0.3 is 14.6 Å². The van der Waals surface area contributed by atoms with Crippen molar-refractivity contribution in [2.45, 2.75) is 46.3 Å². The number of aromatic nitrogens is 2. The van der Waals surface area contributed by atoms with E-state index in [4.69, 9.17) is 4.42 Å². The Bertz CT molecular complexity index is 1150. The lowest BCUT2D eigenvalue weighted by Gasteiger charge is -2.22. The van der Waals surface area contributed by atoms with Crippen LogP contribution in [0.4, 0.5) is 0 Å². The summed E-state index contributed by atoms with van der Waals surface area (Å²) in [7, 11) is 0. The minimum absolute atomic E-state index is 0.150. The van der Waals surface area contributed by atoms with E-state index in [-0.39, 0.29) is 19.0 Å². The van der Waals surface area contributed by atoms with Crippen LogP contribution in [-0.4, -0.2) is 38.9 Å². The van der Waals surface area contributed by atoms with Crippen LogP contribution in [0, 0.1) is 0 Å². The summed E-state index contributed by atoms with van der Waals surface area (Å²) in [6.45, 7) is 4.71. The Morgan fingerprint density at radius 3 is 2.48 bits per heavy atom. The number of rotatable bonds is 10. The predicted molar refractivity (Wildman–Crippen MR) is 118 cm³/mol. The van der Waals surface area contributed by atoms with Gasteiger partial charge in [0.1, 0.15) is 23.5 Å². The van der Waals surface area contributed by atoms with Crippen molar-refractivity contribution in [3.63, 3.8) is 0 Å². The van der Waals surface area contributed by atoms with Crippen molar-refractivity contribution < 1.29 is 14.0 Å². The van der Waals surface area contributed by atoms with Gasteiger partial charge in [0.15, 0.2) is 0 Å². The lowest BCUT2D eigenvalue weighted by molar-refractivity contribution is -0.132. The maximum atomic E-state index is 13.1. The van der Waals surface area contributed by atoms with Gasteiger partial charge >= 0.3 is 5.69 Å². The molecule has 0 saturated carbocycles. The molecule has 0 bridgehead atoms. The molecule has 166 valence electrons. The molecule has 0 atom stereocenters. The molecule has 0 saturated heterocycles. The molecular formula is C21H26N4O5S. The van der Waals surface area contributed by atoms with E-state index in [1.54, 1.807) is 28.5 Å². The van der Waals surface area contributed by atoms with E-state index in [1.165, 1.54) is 22.2 Å². The number of amides is 2. The number of fused-ring (bicyclic) bond motifs is 1. The highest BCUT2D eigenvalue weighted by Crippen LogP contribution is 2.15. The van der Waals surface area contributed by atoms with Gasteiger partial charge in [-0.2, -0.15) is 0 Å². The molecule has 3 aromatic rings. The first-order valence-corrected chi connectivity index (χ1v) is 11.1. The standard InChI is InChI=1S/C21H26N4O5S/c1-3-8-23(9-4-2)18(27)14-24-16-7-11-31-19(16)20(28)25(21(24)29)13-17(26)22-12-15-6-5-10-30-15/h5-7,10-11H,3-4,8-9,12-14H2,1-2H3,(H,22,26). The maximum Gasteiger partial charge on any atom is 0.332 e. The van der Waals surface area contributed by atoms with Crippen LogP contribution in [0.3, 0.4) is 0 Å². The predicted octanol–water partition coefficient (Wildman–Crippen LogP) is 1.78. The van der Waals surface area contributed by atoms with Gasteiger partial charge in [0, 0.05) is 13.1 Å². The summed E-state index contributed by atoms with van der Waals surface area (Å²) < 4.78 is 7.67. The van der Waals surface area contributed by atoms with Crippen molar-refractivity contribution >= 4 is 33.4 Å². The van der Waals surface area contributed by atoms with Gasteiger partial charge in [-0.25, -0.2) is 9.36 Å². The molecule has 0 fully saturated rings. The van der Waals surface area contributed by atoms with Crippen molar-refractivity contribution in [3.8, 4) is 0 Å². The van der Waals surface area contributed by atoms with Gasteiger partial charge in [0.25, 0.3) is 5.56 Å². The first-order valence-electron chi connectivity index (χ1n) is 10.2. The third kappa shape index (κ3) is 5.13. The number of carbonyl (C=O) groups is 2. The molecule has 0 unspecified atom stereocenters. The number of hydrogen-bond acceptors (Lipinski definition) is 6. The lowest BCUT2D eigenvalue weighted by Crippen LogP contribution is -2.45. The van der Waals surface area contributed by atoms with E-state index in [0.717, 1.165) is 17.4 Å². The van der Waals surface area contributed by atoms with Gasteiger partial charge in [-0.1, -0.05) is 13.8 Å². The van der Waals surface area contributed by atoms with E-state index < -0.39 is 23.7 Å². The second-order valence-electron chi connectivity index (χ2n) is 7.13. The summed E-state index contributed by atoms with van der Waals surface area (Å²) in [5.74, 6) is -0.127. The summed E-state index contributed by atoms with van der Waals surface area (Å²) in [5, 5.41) is 4.33. The molecule has 2 amide bonds. The van der Waals surface area contributed by atoms with Crippen LogP contribution >= 0.6 is 11.3 Å². The van der Waals surface area contributed by atoms with Crippen LogP contribution in [0.15, 0.2) is 43.8 Å². The van der Waals surface area contributed by atoms with Crippen molar-refractivity contribution in [3.05, 3.63) is 56.4 Å². The van der Waals surface area contributed by atoms with Crippen LogP contribution in [-0.2, 0) is 29.2 Å². The third-order valence-electron chi connectivity index (χ3n) is 4.81. The maximum absolute atomic E-state index is 13.1. The number of nitrogens with one attached hydrogen (secondary N) is 1. The second kappa shape index (κ2) is 10.3. The Labute approximate surface area is 182 Å². The molecule has 1 N–H and O–H groups in total. The van der Waals surface area contributed by atoms with Gasteiger partial charge in [0.2, 0.25) is 11.8 Å². The highest BCUT2D eigenvalue weighted by atomic mass is 32.1. The van der Waals surface area contributed by atoms with Crippen molar-refractivity contribution in [2.75, 3.05) is 13.1 Å². The summed E-state index contributed by atoms with van der Waals surface area (Å²) in [4.78, 5) is 52.9. The Balaban J connectivity index is 1.89. The summed E-state index contributed by atoms with van der Waals surface area (Å²) in [5.41, 5.74) is -0.801. The largest absolute Gasteiger partial charge is 0.467 e.